The normalized spacial score (nSPS) is 23.0. The van der Waals surface area contributed by atoms with E-state index in [1.54, 1.807) is 42.5 Å². The summed E-state index contributed by atoms with van der Waals surface area (Å²) in [6.07, 6.45) is 0. The van der Waals surface area contributed by atoms with Crippen molar-refractivity contribution < 1.29 is 19.2 Å². The Morgan fingerprint density at radius 3 is 2.19 bits per heavy atom. The zero-order valence-corrected chi connectivity index (χ0v) is 11.2. The fourth-order valence-corrected chi connectivity index (χ4v) is 2.87. The third-order valence-corrected chi connectivity index (χ3v) is 3.80. The number of amides is 1. The first kappa shape index (κ1) is 12.1. The quantitative estimate of drug-likeness (QED) is 0.694. The molecule has 0 radical (unpaired) electrons. The molecule has 21 heavy (non-hydrogen) atoms. The van der Waals surface area contributed by atoms with E-state index in [-0.39, 0.29) is 5.91 Å². The molecular formula is C16H11NO4. The van der Waals surface area contributed by atoms with Crippen LogP contribution in [0.2, 0.25) is 0 Å². The van der Waals surface area contributed by atoms with Gasteiger partial charge in [0.15, 0.2) is 0 Å². The van der Waals surface area contributed by atoms with Crippen molar-refractivity contribution in [2.45, 2.75) is 5.79 Å². The maximum atomic E-state index is 12.2. The standard InChI is InChI=1S/C16H11NO4/c1-17-14(18)10-6-2-4-8-12(10)16(21-17)13-9-5-3-7-11(13)15(19)20-16/h2-9H,1H3. The summed E-state index contributed by atoms with van der Waals surface area (Å²) in [5.41, 5.74) is 2.08. The van der Waals surface area contributed by atoms with Crippen LogP contribution in [0.25, 0.3) is 0 Å². The molecule has 0 aromatic heterocycles. The number of hydrogen-bond acceptors (Lipinski definition) is 4. The van der Waals surface area contributed by atoms with E-state index >= 15 is 0 Å². The molecule has 2 heterocycles. The first-order chi connectivity index (χ1) is 10.1. The van der Waals surface area contributed by atoms with Gasteiger partial charge in [-0.05, 0) is 12.1 Å². The molecule has 1 spiro atoms. The van der Waals surface area contributed by atoms with E-state index in [9.17, 15) is 9.59 Å². The molecule has 1 atom stereocenters. The second kappa shape index (κ2) is 3.93. The zero-order chi connectivity index (χ0) is 14.6. The molecule has 2 aliphatic rings. The van der Waals surface area contributed by atoms with Crippen LogP contribution in [0.4, 0.5) is 0 Å². The van der Waals surface area contributed by atoms with Gasteiger partial charge in [-0.15, -0.1) is 0 Å². The molecule has 0 bridgehead atoms. The van der Waals surface area contributed by atoms with Gasteiger partial charge in [0.2, 0.25) is 0 Å². The van der Waals surface area contributed by atoms with Crippen LogP contribution in [0.5, 0.6) is 0 Å². The lowest BCUT2D eigenvalue weighted by Gasteiger charge is -2.37. The lowest BCUT2D eigenvalue weighted by atomic mass is 9.91. The van der Waals surface area contributed by atoms with Crippen LogP contribution in [0.15, 0.2) is 48.5 Å². The second-order valence-corrected chi connectivity index (χ2v) is 4.99. The first-order valence-corrected chi connectivity index (χ1v) is 6.53. The van der Waals surface area contributed by atoms with Crippen molar-refractivity contribution in [3.8, 4) is 0 Å². The number of carbonyl (C=O) groups excluding carboxylic acids is 2. The smallest absolute Gasteiger partial charge is 0.341 e. The molecule has 0 saturated heterocycles. The maximum Gasteiger partial charge on any atom is 0.341 e. The molecule has 1 unspecified atom stereocenters. The van der Waals surface area contributed by atoms with Gasteiger partial charge in [-0.3, -0.25) is 4.79 Å². The van der Waals surface area contributed by atoms with Crippen molar-refractivity contribution >= 4 is 11.9 Å². The summed E-state index contributed by atoms with van der Waals surface area (Å²) < 4.78 is 5.55. The summed E-state index contributed by atoms with van der Waals surface area (Å²) in [6, 6.07) is 14.1. The molecule has 2 aliphatic heterocycles. The van der Waals surface area contributed by atoms with Crippen molar-refractivity contribution in [3.05, 3.63) is 70.8 Å². The Labute approximate surface area is 120 Å². The molecule has 0 aliphatic carbocycles. The van der Waals surface area contributed by atoms with Crippen LogP contribution in [-0.2, 0) is 15.4 Å². The molecule has 2 aromatic carbocycles. The lowest BCUT2D eigenvalue weighted by Crippen LogP contribution is -2.46. The highest BCUT2D eigenvalue weighted by atomic mass is 16.8. The minimum absolute atomic E-state index is 0.267. The molecular weight excluding hydrogens is 270 g/mol. The second-order valence-electron chi connectivity index (χ2n) is 4.99. The summed E-state index contributed by atoms with van der Waals surface area (Å²) in [4.78, 5) is 30.1. The number of nitrogens with zero attached hydrogens (tertiary/aromatic N) is 1. The average Bonchev–Trinajstić information content (AvgIpc) is 2.79. The van der Waals surface area contributed by atoms with Crippen molar-refractivity contribution in [2.75, 3.05) is 7.05 Å². The van der Waals surface area contributed by atoms with Crippen LogP contribution >= 0.6 is 0 Å². The van der Waals surface area contributed by atoms with Gasteiger partial charge < -0.3 is 4.74 Å². The van der Waals surface area contributed by atoms with Gasteiger partial charge in [0.25, 0.3) is 11.7 Å². The molecule has 1 amide bonds. The van der Waals surface area contributed by atoms with E-state index in [0.29, 0.717) is 22.3 Å². The van der Waals surface area contributed by atoms with Gasteiger partial charge >= 0.3 is 5.97 Å². The monoisotopic (exact) mass is 281 g/mol. The fourth-order valence-electron chi connectivity index (χ4n) is 2.87. The topological polar surface area (TPSA) is 55.8 Å². The van der Waals surface area contributed by atoms with Crippen molar-refractivity contribution in [1.29, 1.82) is 0 Å². The largest absolute Gasteiger partial charge is 0.418 e. The van der Waals surface area contributed by atoms with Crippen molar-refractivity contribution in [2.24, 2.45) is 0 Å². The fraction of sp³-hybridized carbons (Fsp3) is 0.125. The van der Waals surface area contributed by atoms with Crippen LogP contribution < -0.4 is 0 Å². The molecule has 0 N–H and O–H groups in total. The number of carbonyl (C=O) groups is 2. The third kappa shape index (κ3) is 1.43. The van der Waals surface area contributed by atoms with E-state index in [0.717, 1.165) is 5.06 Å². The molecule has 0 fully saturated rings. The summed E-state index contributed by atoms with van der Waals surface area (Å²) in [6.45, 7) is 0. The Kier molecular flexibility index (Phi) is 2.26. The van der Waals surface area contributed by atoms with E-state index in [1.165, 1.54) is 7.05 Å². The molecule has 5 heteroatoms. The number of ether oxygens (including phenoxy) is 1. The molecule has 5 nitrogen and oxygen atoms in total. The van der Waals surface area contributed by atoms with Crippen LogP contribution in [0.1, 0.15) is 31.8 Å². The van der Waals surface area contributed by atoms with E-state index < -0.39 is 11.8 Å². The number of esters is 1. The molecule has 4 rings (SSSR count). The number of hydroxylamine groups is 2. The van der Waals surface area contributed by atoms with Gasteiger partial charge in [0.05, 0.1) is 11.1 Å². The summed E-state index contributed by atoms with van der Waals surface area (Å²) in [5, 5.41) is 1.11. The highest BCUT2D eigenvalue weighted by molar-refractivity contribution is 5.99. The van der Waals surface area contributed by atoms with Crippen LogP contribution in [0.3, 0.4) is 0 Å². The SMILES string of the molecule is CN1OC2(OC(=O)c3ccccc32)c2ccccc2C1=O. The number of fused-ring (bicyclic) bond motifs is 4. The Morgan fingerprint density at radius 1 is 0.905 bits per heavy atom. The predicted molar refractivity (Wildman–Crippen MR) is 72.3 cm³/mol. The Hall–Kier alpha value is -2.66. The van der Waals surface area contributed by atoms with E-state index in [2.05, 4.69) is 0 Å². The molecule has 104 valence electrons. The van der Waals surface area contributed by atoms with Crippen molar-refractivity contribution in [3.63, 3.8) is 0 Å². The number of benzene rings is 2. The Morgan fingerprint density at radius 2 is 1.48 bits per heavy atom. The predicted octanol–water partition coefficient (Wildman–Crippen LogP) is 2.08. The third-order valence-electron chi connectivity index (χ3n) is 3.80. The first-order valence-electron chi connectivity index (χ1n) is 6.53. The zero-order valence-electron chi connectivity index (χ0n) is 11.2. The highest BCUT2D eigenvalue weighted by Crippen LogP contribution is 2.46. The van der Waals surface area contributed by atoms with Gasteiger partial charge in [-0.1, -0.05) is 36.4 Å². The van der Waals surface area contributed by atoms with Crippen molar-refractivity contribution in [1.82, 2.24) is 5.06 Å². The Bertz CT molecular complexity index is 785. The molecule has 2 aromatic rings. The minimum atomic E-state index is -1.38. The highest BCUT2D eigenvalue weighted by Gasteiger charge is 2.54. The van der Waals surface area contributed by atoms with Gasteiger partial charge in [0.1, 0.15) is 0 Å². The van der Waals surface area contributed by atoms with E-state index in [4.69, 9.17) is 9.57 Å². The van der Waals surface area contributed by atoms with Gasteiger partial charge in [0, 0.05) is 18.2 Å². The molecule has 0 saturated carbocycles. The Balaban J connectivity index is 2.04. The maximum absolute atomic E-state index is 12.2. The summed E-state index contributed by atoms with van der Waals surface area (Å²) in [5.74, 6) is -2.10. The van der Waals surface area contributed by atoms with Crippen LogP contribution in [0, 0.1) is 0 Å². The average molecular weight is 281 g/mol. The lowest BCUT2D eigenvalue weighted by molar-refractivity contribution is -0.284. The summed E-state index contributed by atoms with van der Waals surface area (Å²) in [7, 11) is 1.51. The van der Waals surface area contributed by atoms with E-state index in [1.807, 2.05) is 6.07 Å². The number of hydrogen-bond donors (Lipinski definition) is 0. The minimum Gasteiger partial charge on any atom is -0.418 e. The number of rotatable bonds is 0. The van der Waals surface area contributed by atoms with Crippen LogP contribution in [-0.4, -0.2) is 24.0 Å². The summed E-state index contributed by atoms with van der Waals surface area (Å²) >= 11 is 0. The van der Waals surface area contributed by atoms with Gasteiger partial charge in [-0.2, -0.15) is 0 Å². The van der Waals surface area contributed by atoms with Gasteiger partial charge in [-0.25, -0.2) is 14.7 Å².